The summed E-state index contributed by atoms with van der Waals surface area (Å²) in [4.78, 5) is 3.29. The summed E-state index contributed by atoms with van der Waals surface area (Å²) < 4.78 is 36.7. The quantitative estimate of drug-likeness (QED) is 0.430. The van der Waals surface area contributed by atoms with Crippen molar-refractivity contribution in [2.24, 2.45) is 4.99 Å². The summed E-state index contributed by atoms with van der Waals surface area (Å²) in [6, 6.07) is 0. The Balaban J connectivity index is 4.50. The van der Waals surface area contributed by atoms with Crippen molar-refractivity contribution in [1.82, 2.24) is 0 Å². The molecule has 0 saturated heterocycles. The molecule has 0 fully saturated rings. The van der Waals surface area contributed by atoms with E-state index in [4.69, 9.17) is 0 Å². The van der Waals surface area contributed by atoms with Gasteiger partial charge in [0.2, 0.25) is 0 Å². The third kappa shape index (κ3) is 5.07. The van der Waals surface area contributed by atoms with Gasteiger partial charge in [-0.1, -0.05) is 35.2 Å². The Morgan fingerprint density at radius 1 is 1.54 bits per heavy atom. The van der Waals surface area contributed by atoms with Crippen LogP contribution >= 0.6 is 22.6 Å². The summed E-state index contributed by atoms with van der Waals surface area (Å²) in [7, 11) is 0. The molecule has 0 rings (SSSR count). The van der Waals surface area contributed by atoms with Crippen LogP contribution in [0.3, 0.4) is 0 Å². The maximum Gasteiger partial charge on any atom is 0.433 e. The fourth-order valence-electron chi connectivity index (χ4n) is 0.507. The van der Waals surface area contributed by atoms with Gasteiger partial charge in [-0.3, -0.25) is 4.99 Å². The molecule has 0 spiro atoms. The number of hydrogen-bond acceptors (Lipinski definition) is 1. The zero-order valence-corrected chi connectivity index (χ0v) is 9.19. The van der Waals surface area contributed by atoms with Gasteiger partial charge in [-0.25, -0.2) is 0 Å². The molecule has 0 radical (unpaired) electrons. The molecule has 0 unspecified atom stereocenters. The van der Waals surface area contributed by atoms with Crippen molar-refractivity contribution < 1.29 is 13.2 Å². The number of rotatable bonds is 3. The summed E-state index contributed by atoms with van der Waals surface area (Å²) in [5.41, 5.74) is -0.331. The van der Waals surface area contributed by atoms with Crippen molar-refractivity contribution in [3.05, 3.63) is 23.9 Å². The predicted octanol–water partition coefficient (Wildman–Crippen LogP) is 3.51. The first-order chi connectivity index (χ1) is 5.91. The average molecular weight is 303 g/mol. The van der Waals surface area contributed by atoms with Crippen LogP contribution in [-0.4, -0.2) is 16.8 Å². The normalized spacial score (nSPS) is 13.8. The monoisotopic (exact) mass is 303 g/mol. The van der Waals surface area contributed by atoms with E-state index < -0.39 is 11.9 Å². The molecular formula is C8H9F3IN. The fraction of sp³-hybridized carbons (Fsp3) is 0.375. The number of nitrogens with zero attached hydrogens (tertiary/aromatic N) is 1. The largest absolute Gasteiger partial charge is 0.433 e. The highest BCUT2D eigenvalue weighted by Crippen LogP contribution is 2.26. The molecule has 0 heterocycles. The number of hydrogen-bond donors (Lipinski definition) is 0. The van der Waals surface area contributed by atoms with Crippen LogP contribution in [0.1, 0.15) is 6.92 Å². The summed E-state index contributed by atoms with van der Waals surface area (Å²) in [5, 5.41) is 0. The molecule has 0 aliphatic heterocycles. The second kappa shape index (κ2) is 5.41. The predicted molar refractivity (Wildman–Crippen MR) is 56.3 cm³/mol. The maximum atomic E-state index is 12.1. The molecule has 0 saturated carbocycles. The maximum absolute atomic E-state index is 12.1. The Hall–Kier alpha value is -0.330. The lowest BCUT2D eigenvalue weighted by molar-refractivity contribution is -0.0923. The number of aliphatic imine (C=N–C) groups is 1. The van der Waals surface area contributed by atoms with E-state index in [9.17, 15) is 13.2 Å². The lowest BCUT2D eigenvalue weighted by Gasteiger charge is -2.05. The highest BCUT2D eigenvalue weighted by molar-refractivity contribution is 14.1. The van der Waals surface area contributed by atoms with Crippen molar-refractivity contribution >= 4 is 28.8 Å². The van der Waals surface area contributed by atoms with E-state index in [1.807, 2.05) is 22.6 Å². The molecule has 13 heavy (non-hydrogen) atoms. The molecule has 0 N–H and O–H groups in total. The van der Waals surface area contributed by atoms with Crippen LogP contribution in [0.4, 0.5) is 13.2 Å². The minimum Gasteiger partial charge on any atom is -0.252 e. The summed E-state index contributed by atoms with van der Waals surface area (Å²) in [6.45, 7) is 4.81. The molecular weight excluding hydrogens is 294 g/mol. The Morgan fingerprint density at radius 3 is 2.38 bits per heavy atom. The molecule has 0 aromatic rings. The Labute approximate surface area is 88.6 Å². The van der Waals surface area contributed by atoms with Gasteiger partial charge in [-0.15, -0.1) is 0 Å². The van der Waals surface area contributed by atoms with Gasteiger partial charge in [0.15, 0.2) is 0 Å². The molecule has 0 aromatic heterocycles. The first kappa shape index (κ1) is 12.7. The third-order valence-electron chi connectivity index (χ3n) is 1.12. The van der Waals surface area contributed by atoms with Crippen LogP contribution in [0.5, 0.6) is 0 Å². The highest BCUT2D eigenvalue weighted by Gasteiger charge is 2.32. The van der Waals surface area contributed by atoms with Gasteiger partial charge in [0.1, 0.15) is 5.70 Å². The van der Waals surface area contributed by atoms with Crippen LogP contribution in [0.15, 0.2) is 28.9 Å². The van der Waals surface area contributed by atoms with Crippen LogP contribution in [0.2, 0.25) is 0 Å². The van der Waals surface area contributed by atoms with Crippen molar-refractivity contribution in [3.8, 4) is 0 Å². The average Bonchev–Trinajstić information content (AvgIpc) is 2.02. The molecule has 0 bridgehead atoms. The molecule has 5 heteroatoms. The van der Waals surface area contributed by atoms with Gasteiger partial charge in [-0.05, 0) is 12.5 Å². The molecule has 0 aliphatic carbocycles. The van der Waals surface area contributed by atoms with E-state index in [2.05, 4.69) is 11.6 Å². The summed E-state index contributed by atoms with van der Waals surface area (Å²) in [5.74, 6) is 0. The minimum atomic E-state index is -4.38. The summed E-state index contributed by atoms with van der Waals surface area (Å²) >= 11 is 2.00. The first-order valence-corrected chi connectivity index (χ1v) is 4.95. The van der Waals surface area contributed by atoms with E-state index in [1.165, 1.54) is 6.92 Å². The standard InChI is InChI=1S/C8H9F3IN/c1-3-7(8(9,10)11)13-5-6(2)4-12/h3,5H,2,4H2,1H3/b7-3-,13-5-. The van der Waals surface area contributed by atoms with Crippen molar-refractivity contribution in [1.29, 1.82) is 0 Å². The number of alkyl halides is 4. The van der Waals surface area contributed by atoms with Gasteiger partial charge in [0.25, 0.3) is 0 Å². The van der Waals surface area contributed by atoms with Crippen molar-refractivity contribution in [3.63, 3.8) is 0 Å². The highest BCUT2D eigenvalue weighted by atomic mass is 127. The molecule has 74 valence electrons. The Morgan fingerprint density at radius 2 is 2.08 bits per heavy atom. The molecule has 1 nitrogen and oxygen atoms in total. The van der Waals surface area contributed by atoms with E-state index in [0.29, 0.717) is 10.0 Å². The Bertz CT molecular complexity index is 240. The second-order valence-electron chi connectivity index (χ2n) is 2.22. The van der Waals surface area contributed by atoms with Gasteiger partial charge >= 0.3 is 6.18 Å². The van der Waals surface area contributed by atoms with E-state index >= 15 is 0 Å². The zero-order chi connectivity index (χ0) is 10.5. The van der Waals surface area contributed by atoms with Gasteiger partial charge in [0, 0.05) is 10.6 Å². The van der Waals surface area contributed by atoms with Crippen LogP contribution in [0.25, 0.3) is 0 Å². The van der Waals surface area contributed by atoms with E-state index in [0.717, 1.165) is 12.3 Å². The van der Waals surface area contributed by atoms with Gasteiger partial charge in [0.05, 0.1) is 0 Å². The van der Waals surface area contributed by atoms with Gasteiger partial charge < -0.3 is 0 Å². The van der Waals surface area contributed by atoms with Gasteiger partial charge in [-0.2, -0.15) is 13.2 Å². The van der Waals surface area contributed by atoms with Crippen molar-refractivity contribution in [2.75, 3.05) is 4.43 Å². The second-order valence-corrected chi connectivity index (χ2v) is 2.98. The number of halogens is 4. The van der Waals surface area contributed by atoms with Crippen LogP contribution < -0.4 is 0 Å². The van der Waals surface area contributed by atoms with Crippen molar-refractivity contribution in [2.45, 2.75) is 13.1 Å². The molecule has 0 aromatic carbocycles. The SMILES string of the molecule is C=C(/C=N\C(=C/C)C(F)(F)F)CI. The molecule has 0 amide bonds. The molecule has 0 atom stereocenters. The van der Waals surface area contributed by atoms with Crippen LogP contribution in [-0.2, 0) is 0 Å². The molecule has 0 aliphatic rings. The minimum absolute atomic E-state index is 0.559. The summed E-state index contributed by atoms with van der Waals surface area (Å²) in [6.07, 6.45) is -2.32. The zero-order valence-electron chi connectivity index (χ0n) is 7.03. The van der Waals surface area contributed by atoms with E-state index in [1.54, 1.807) is 0 Å². The third-order valence-corrected chi connectivity index (χ3v) is 2.10. The smallest absolute Gasteiger partial charge is 0.252 e. The Kier molecular flexibility index (Phi) is 5.27. The number of allylic oxidation sites excluding steroid dienone is 3. The topological polar surface area (TPSA) is 12.4 Å². The fourth-order valence-corrected chi connectivity index (χ4v) is 0.704. The lowest BCUT2D eigenvalue weighted by atomic mass is 10.3. The van der Waals surface area contributed by atoms with Crippen LogP contribution in [0, 0.1) is 0 Å². The first-order valence-electron chi connectivity index (χ1n) is 3.43. The lowest BCUT2D eigenvalue weighted by Crippen LogP contribution is -2.10. The van der Waals surface area contributed by atoms with E-state index in [-0.39, 0.29) is 0 Å².